The highest BCUT2D eigenvalue weighted by Crippen LogP contribution is 2.31. The molecule has 0 aliphatic carbocycles. The standard InChI is InChI=1S/C13H12BrNOS/c14-10-4-5-12(15)13(7-10)17-8-9-2-1-3-11(16)6-9/h1-7,16H,8,15H2. The number of rotatable bonds is 3. The van der Waals surface area contributed by atoms with Crippen molar-refractivity contribution in [3.8, 4) is 5.75 Å². The molecule has 0 atom stereocenters. The molecule has 0 saturated carbocycles. The van der Waals surface area contributed by atoms with Crippen LogP contribution in [0.4, 0.5) is 5.69 Å². The van der Waals surface area contributed by atoms with Gasteiger partial charge in [-0.05, 0) is 35.9 Å². The van der Waals surface area contributed by atoms with Crippen molar-refractivity contribution >= 4 is 33.4 Å². The summed E-state index contributed by atoms with van der Waals surface area (Å²) in [5, 5.41) is 9.37. The van der Waals surface area contributed by atoms with Gasteiger partial charge in [0.25, 0.3) is 0 Å². The first-order chi connectivity index (χ1) is 8.15. The molecule has 0 spiro atoms. The smallest absolute Gasteiger partial charge is 0.115 e. The molecule has 88 valence electrons. The minimum absolute atomic E-state index is 0.297. The van der Waals surface area contributed by atoms with Crippen molar-refractivity contribution in [3.05, 3.63) is 52.5 Å². The van der Waals surface area contributed by atoms with Crippen LogP contribution in [-0.4, -0.2) is 5.11 Å². The third-order valence-electron chi connectivity index (χ3n) is 2.28. The number of aromatic hydroxyl groups is 1. The molecular weight excluding hydrogens is 298 g/mol. The van der Waals surface area contributed by atoms with E-state index < -0.39 is 0 Å². The lowest BCUT2D eigenvalue weighted by molar-refractivity contribution is 0.475. The molecule has 0 saturated heterocycles. The maximum atomic E-state index is 9.37. The second kappa shape index (κ2) is 5.47. The highest BCUT2D eigenvalue weighted by Gasteiger charge is 2.02. The number of thioether (sulfide) groups is 1. The SMILES string of the molecule is Nc1ccc(Br)cc1SCc1cccc(O)c1. The number of phenols is 1. The molecule has 0 amide bonds. The number of anilines is 1. The number of benzene rings is 2. The minimum atomic E-state index is 0.297. The highest BCUT2D eigenvalue weighted by molar-refractivity contribution is 9.10. The van der Waals surface area contributed by atoms with Crippen LogP contribution in [-0.2, 0) is 5.75 Å². The first-order valence-electron chi connectivity index (χ1n) is 5.11. The van der Waals surface area contributed by atoms with E-state index in [2.05, 4.69) is 15.9 Å². The van der Waals surface area contributed by atoms with Crippen molar-refractivity contribution in [2.75, 3.05) is 5.73 Å². The molecule has 0 heterocycles. The van der Waals surface area contributed by atoms with Crippen molar-refractivity contribution in [1.29, 1.82) is 0 Å². The molecule has 2 rings (SSSR count). The number of hydrogen-bond acceptors (Lipinski definition) is 3. The maximum Gasteiger partial charge on any atom is 0.115 e. The summed E-state index contributed by atoms with van der Waals surface area (Å²) in [5.41, 5.74) is 7.75. The fourth-order valence-corrected chi connectivity index (χ4v) is 2.90. The van der Waals surface area contributed by atoms with E-state index in [4.69, 9.17) is 5.73 Å². The molecule has 2 aromatic rings. The van der Waals surface area contributed by atoms with E-state index in [9.17, 15) is 5.11 Å². The van der Waals surface area contributed by atoms with E-state index in [1.54, 1.807) is 23.9 Å². The predicted molar refractivity (Wildman–Crippen MR) is 76.2 cm³/mol. The quantitative estimate of drug-likeness (QED) is 0.664. The van der Waals surface area contributed by atoms with Crippen LogP contribution in [0.3, 0.4) is 0 Å². The molecule has 2 aromatic carbocycles. The van der Waals surface area contributed by atoms with E-state index in [0.29, 0.717) is 5.75 Å². The summed E-state index contributed by atoms with van der Waals surface area (Å²) in [6.45, 7) is 0. The first kappa shape index (κ1) is 12.3. The summed E-state index contributed by atoms with van der Waals surface area (Å²) in [6, 6.07) is 13.1. The lowest BCUT2D eigenvalue weighted by Crippen LogP contribution is -1.88. The zero-order chi connectivity index (χ0) is 12.3. The minimum Gasteiger partial charge on any atom is -0.508 e. The Labute approximate surface area is 113 Å². The van der Waals surface area contributed by atoms with Gasteiger partial charge in [0.15, 0.2) is 0 Å². The Balaban J connectivity index is 2.09. The topological polar surface area (TPSA) is 46.2 Å². The zero-order valence-electron chi connectivity index (χ0n) is 9.06. The van der Waals surface area contributed by atoms with Gasteiger partial charge in [0.05, 0.1) is 0 Å². The van der Waals surface area contributed by atoms with Crippen LogP contribution in [0.25, 0.3) is 0 Å². The Morgan fingerprint density at radius 3 is 2.76 bits per heavy atom. The first-order valence-corrected chi connectivity index (χ1v) is 6.89. The molecule has 0 aromatic heterocycles. The third-order valence-corrected chi connectivity index (χ3v) is 3.92. The lowest BCUT2D eigenvalue weighted by Gasteiger charge is -2.06. The van der Waals surface area contributed by atoms with E-state index in [1.807, 2.05) is 30.3 Å². The summed E-state index contributed by atoms with van der Waals surface area (Å²) >= 11 is 5.08. The van der Waals surface area contributed by atoms with Gasteiger partial charge in [0.2, 0.25) is 0 Å². The molecule has 0 aliphatic rings. The molecule has 0 aliphatic heterocycles. The molecule has 0 fully saturated rings. The Hall–Kier alpha value is -1.13. The van der Waals surface area contributed by atoms with E-state index in [-0.39, 0.29) is 0 Å². The Bertz CT molecular complexity index is 531. The lowest BCUT2D eigenvalue weighted by atomic mass is 10.2. The molecule has 0 unspecified atom stereocenters. The van der Waals surface area contributed by atoms with Gasteiger partial charge in [0.1, 0.15) is 5.75 Å². The molecular formula is C13H12BrNOS. The van der Waals surface area contributed by atoms with Crippen LogP contribution in [0.15, 0.2) is 51.8 Å². The van der Waals surface area contributed by atoms with Crippen molar-refractivity contribution in [3.63, 3.8) is 0 Å². The van der Waals surface area contributed by atoms with Gasteiger partial charge in [0, 0.05) is 20.8 Å². The van der Waals surface area contributed by atoms with Gasteiger partial charge >= 0.3 is 0 Å². The molecule has 2 nitrogen and oxygen atoms in total. The summed E-state index contributed by atoms with van der Waals surface area (Å²) in [5.74, 6) is 1.08. The molecule has 17 heavy (non-hydrogen) atoms. The molecule has 0 radical (unpaired) electrons. The molecule has 4 heteroatoms. The number of hydrogen-bond donors (Lipinski definition) is 2. The van der Waals surface area contributed by atoms with Crippen LogP contribution in [0.2, 0.25) is 0 Å². The fraction of sp³-hybridized carbons (Fsp3) is 0.0769. The van der Waals surface area contributed by atoms with E-state index in [0.717, 1.165) is 26.4 Å². The second-order valence-electron chi connectivity index (χ2n) is 3.64. The summed E-state index contributed by atoms with van der Waals surface area (Å²) < 4.78 is 1.02. The fourth-order valence-electron chi connectivity index (χ4n) is 1.44. The number of nitrogens with two attached hydrogens (primary N) is 1. The van der Waals surface area contributed by atoms with Crippen LogP contribution >= 0.6 is 27.7 Å². The summed E-state index contributed by atoms with van der Waals surface area (Å²) in [7, 11) is 0. The molecule has 3 N–H and O–H groups in total. The van der Waals surface area contributed by atoms with Crippen molar-refractivity contribution in [2.24, 2.45) is 0 Å². The van der Waals surface area contributed by atoms with E-state index >= 15 is 0 Å². The number of halogens is 1. The monoisotopic (exact) mass is 309 g/mol. The molecule has 0 bridgehead atoms. The largest absolute Gasteiger partial charge is 0.508 e. The van der Waals surface area contributed by atoms with Crippen LogP contribution < -0.4 is 5.73 Å². The van der Waals surface area contributed by atoms with E-state index in [1.165, 1.54) is 0 Å². The van der Waals surface area contributed by atoms with Gasteiger partial charge in [-0.2, -0.15) is 0 Å². The van der Waals surface area contributed by atoms with Gasteiger partial charge in [-0.1, -0.05) is 28.1 Å². The van der Waals surface area contributed by atoms with Crippen molar-refractivity contribution < 1.29 is 5.11 Å². The number of phenolic OH excluding ortho intramolecular Hbond substituents is 1. The van der Waals surface area contributed by atoms with Gasteiger partial charge in [-0.25, -0.2) is 0 Å². The maximum absolute atomic E-state index is 9.37. The second-order valence-corrected chi connectivity index (χ2v) is 5.57. The highest BCUT2D eigenvalue weighted by atomic mass is 79.9. The van der Waals surface area contributed by atoms with Crippen LogP contribution in [0, 0.1) is 0 Å². The third kappa shape index (κ3) is 3.41. The van der Waals surface area contributed by atoms with Crippen molar-refractivity contribution in [1.82, 2.24) is 0 Å². The normalized spacial score (nSPS) is 10.4. The summed E-state index contributed by atoms with van der Waals surface area (Å²) in [6.07, 6.45) is 0. The predicted octanol–water partition coefficient (Wildman–Crippen LogP) is 4.03. The Morgan fingerprint density at radius 1 is 1.18 bits per heavy atom. The van der Waals surface area contributed by atoms with Gasteiger partial charge in [-0.15, -0.1) is 11.8 Å². The Morgan fingerprint density at radius 2 is 2.00 bits per heavy atom. The van der Waals surface area contributed by atoms with Gasteiger partial charge in [-0.3, -0.25) is 0 Å². The zero-order valence-corrected chi connectivity index (χ0v) is 11.5. The van der Waals surface area contributed by atoms with Crippen LogP contribution in [0.5, 0.6) is 5.75 Å². The average molecular weight is 310 g/mol. The average Bonchev–Trinajstić information content (AvgIpc) is 2.30. The number of nitrogen functional groups attached to an aromatic ring is 1. The Kier molecular flexibility index (Phi) is 3.97. The van der Waals surface area contributed by atoms with Gasteiger partial charge < -0.3 is 10.8 Å². The van der Waals surface area contributed by atoms with Crippen molar-refractivity contribution in [2.45, 2.75) is 10.6 Å². The van der Waals surface area contributed by atoms with Crippen LogP contribution in [0.1, 0.15) is 5.56 Å². The summed E-state index contributed by atoms with van der Waals surface area (Å²) in [4.78, 5) is 1.04.